The summed E-state index contributed by atoms with van der Waals surface area (Å²) in [5, 5.41) is 13.8. The molecule has 2 aromatic rings. The van der Waals surface area contributed by atoms with E-state index in [1.807, 2.05) is 0 Å². The molecule has 2 aromatic carbocycles. The van der Waals surface area contributed by atoms with Gasteiger partial charge in [-0.25, -0.2) is 13.6 Å². The smallest absolute Gasteiger partial charge is 0.329 e. The third kappa shape index (κ3) is 9.14. The molecule has 0 heterocycles. The summed E-state index contributed by atoms with van der Waals surface area (Å²) < 4.78 is 32.4. The number of hydrogen-bond donors (Lipinski definition) is 3. The number of thioether (sulfide) groups is 2. The average Bonchev–Trinajstić information content (AvgIpc) is 2.84. The first-order chi connectivity index (χ1) is 17.9. The second-order valence-electron chi connectivity index (χ2n) is 7.84. The number of nitrogens with one attached hydrogen (secondary N) is 2. The molecule has 0 spiro atoms. The number of phenolic OH excluding ortho intramolecular Hbond substituents is 1. The van der Waals surface area contributed by atoms with Gasteiger partial charge >= 0.3 is 5.97 Å². The molecule has 38 heavy (non-hydrogen) atoms. The summed E-state index contributed by atoms with van der Waals surface area (Å²) in [4.78, 5) is 60.8. The standard InChI is InChI=1S/C25H26F2N2O7S2/c1-4-36-23(33)20(28-13(2)30)11-38-25(35)21(29-14(3)31)12-37-24(34)18-9-15(5-8-22(18)32)17-7-6-16(26)10-19(17)27/h5-10,20-21,32H,4,11-12H2,1-3H3,(H,28,30)(H,29,31)/t20-,21-/m1/s1. The summed E-state index contributed by atoms with van der Waals surface area (Å²) >= 11 is 1.30. The van der Waals surface area contributed by atoms with Crippen molar-refractivity contribution in [1.82, 2.24) is 10.6 Å². The normalized spacial score (nSPS) is 12.2. The lowest BCUT2D eigenvalue weighted by Crippen LogP contribution is -2.44. The molecule has 2 amide bonds. The van der Waals surface area contributed by atoms with E-state index in [1.165, 1.54) is 38.1 Å². The Hall–Kier alpha value is -3.45. The lowest BCUT2D eigenvalue weighted by molar-refractivity contribution is -0.146. The molecule has 13 heteroatoms. The number of phenols is 1. The van der Waals surface area contributed by atoms with Gasteiger partial charge in [0.2, 0.25) is 22.0 Å². The van der Waals surface area contributed by atoms with Crippen LogP contribution < -0.4 is 10.6 Å². The monoisotopic (exact) mass is 568 g/mol. The number of carbonyl (C=O) groups excluding carboxylic acids is 5. The largest absolute Gasteiger partial charge is 0.507 e. The fourth-order valence-electron chi connectivity index (χ4n) is 3.16. The van der Waals surface area contributed by atoms with Crippen molar-refractivity contribution in [1.29, 1.82) is 0 Å². The lowest BCUT2D eigenvalue weighted by Gasteiger charge is -2.19. The Balaban J connectivity index is 2.14. The van der Waals surface area contributed by atoms with Gasteiger partial charge < -0.3 is 20.5 Å². The van der Waals surface area contributed by atoms with E-state index in [1.54, 1.807) is 6.92 Å². The zero-order valence-electron chi connectivity index (χ0n) is 20.7. The van der Waals surface area contributed by atoms with Gasteiger partial charge in [0, 0.05) is 37.0 Å². The van der Waals surface area contributed by atoms with E-state index in [0.717, 1.165) is 6.07 Å². The van der Waals surface area contributed by atoms with E-state index < -0.39 is 57.5 Å². The Morgan fingerprint density at radius 2 is 1.55 bits per heavy atom. The third-order valence-electron chi connectivity index (χ3n) is 4.84. The molecule has 0 unspecified atom stereocenters. The Morgan fingerprint density at radius 3 is 2.16 bits per heavy atom. The van der Waals surface area contributed by atoms with Gasteiger partial charge in [0.25, 0.3) is 0 Å². The van der Waals surface area contributed by atoms with Gasteiger partial charge in [-0.3, -0.25) is 19.2 Å². The van der Waals surface area contributed by atoms with Gasteiger partial charge in [0.15, 0.2) is 0 Å². The van der Waals surface area contributed by atoms with E-state index >= 15 is 0 Å². The predicted molar refractivity (Wildman–Crippen MR) is 140 cm³/mol. The summed E-state index contributed by atoms with van der Waals surface area (Å²) in [7, 11) is 0. The highest BCUT2D eigenvalue weighted by atomic mass is 32.2. The van der Waals surface area contributed by atoms with E-state index in [0.29, 0.717) is 29.6 Å². The van der Waals surface area contributed by atoms with Crippen molar-refractivity contribution >= 4 is 51.5 Å². The number of rotatable bonds is 11. The highest BCUT2D eigenvalue weighted by Gasteiger charge is 2.27. The van der Waals surface area contributed by atoms with Crippen LogP contribution >= 0.6 is 23.5 Å². The number of amides is 2. The number of benzene rings is 2. The Morgan fingerprint density at radius 1 is 0.921 bits per heavy atom. The molecule has 0 fully saturated rings. The minimum absolute atomic E-state index is 0.0171. The maximum absolute atomic E-state index is 14.2. The summed E-state index contributed by atoms with van der Waals surface area (Å²) in [5.74, 6) is -4.17. The topological polar surface area (TPSA) is 139 Å². The molecule has 204 valence electrons. The van der Waals surface area contributed by atoms with E-state index in [2.05, 4.69) is 10.6 Å². The number of halogens is 2. The Bertz CT molecular complexity index is 1230. The van der Waals surface area contributed by atoms with Crippen LogP contribution in [0.25, 0.3) is 11.1 Å². The van der Waals surface area contributed by atoms with Crippen molar-refractivity contribution in [2.24, 2.45) is 0 Å². The first-order valence-electron chi connectivity index (χ1n) is 11.3. The molecular formula is C25H26F2N2O7S2. The summed E-state index contributed by atoms with van der Waals surface area (Å²) in [5.41, 5.74) is 0.0617. The summed E-state index contributed by atoms with van der Waals surface area (Å²) in [6.45, 7) is 4.05. The van der Waals surface area contributed by atoms with Crippen molar-refractivity contribution in [2.45, 2.75) is 32.9 Å². The van der Waals surface area contributed by atoms with Gasteiger partial charge in [0.1, 0.15) is 29.5 Å². The van der Waals surface area contributed by atoms with Crippen molar-refractivity contribution in [3.05, 3.63) is 53.6 Å². The number of aromatic hydroxyl groups is 1. The van der Waals surface area contributed by atoms with E-state index in [-0.39, 0.29) is 34.8 Å². The van der Waals surface area contributed by atoms with E-state index in [9.17, 15) is 37.9 Å². The van der Waals surface area contributed by atoms with Gasteiger partial charge in [-0.2, -0.15) is 0 Å². The van der Waals surface area contributed by atoms with Crippen LogP contribution in [0.15, 0.2) is 36.4 Å². The minimum Gasteiger partial charge on any atom is -0.507 e. The third-order valence-corrected chi connectivity index (χ3v) is 6.89. The zero-order valence-corrected chi connectivity index (χ0v) is 22.3. The minimum atomic E-state index is -1.15. The number of ether oxygens (including phenoxy) is 1. The summed E-state index contributed by atoms with van der Waals surface area (Å²) in [6, 6.07) is 4.50. The molecule has 0 aliphatic rings. The molecule has 0 saturated carbocycles. The zero-order chi connectivity index (χ0) is 28.4. The van der Waals surface area contributed by atoms with Crippen molar-refractivity contribution < 1.29 is 42.6 Å². The van der Waals surface area contributed by atoms with Crippen LogP contribution in [0.1, 0.15) is 31.1 Å². The molecule has 0 radical (unpaired) electrons. The lowest BCUT2D eigenvalue weighted by atomic mass is 10.0. The molecule has 2 atom stereocenters. The second kappa shape index (κ2) is 14.5. The number of hydrogen-bond acceptors (Lipinski definition) is 9. The summed E-state index contributed by atoms with van der Waals surface area (Å²) in [6.07, 6.45) is 0. The Labute approximate surface area is 226 Å². The Kier molecular flexibility index (Phi) is 11.7. The first-order valence-corrected chi connectivity index (χ1v) is 13.2. The maximum atomic E-state index is 14.2. The fourth-order valence-corrected chi connectivity index (χ4v) is 5.04. The van der Waals surface area contributed by atoms with Crippen molar-refractivity contribution in [2.75, 3.05) is 18.1 Å². The molecule has 2 rings (SSSR count). The van der Waals surface area contributed by atoms with Crippen LogP contribution in [0.2, 0.25) is 0 Å². The van der Waals surface area contributed by atoms with Crippen LogP contribution in [0, 0.1) is 11.6 Å². The molecule has 0 aromatic heterocycles. The number of carbonyl (C=O) groups is 5. The van der Waals surface area contributed by atoms with Crippen LogP contribution in [0.3, 0.4) is 0 Å². The highest BCUT2D eigenvalue weighted by Crippen LogP contribution is 2.31. The van der Waals surface area contributed by atoms with Crippen molar-refractivity contribution in [3.8, 4) is 16.9 Å². The van der Waals surface area contributed by atoms with Crippen molar-refractivity contribution in [3.63, 3.8) is 0 Å². The van der Waals surface area contributed by atoms with Gasteiger partial charge in [-0.1, -0.05) is 29.6 Å². The maximum Gasteiger partial charge on any atom is 0.329 e. The van der Waals surface area contributed by atoms with Gasteiger partial charge in [-0.15, -0.1) is 0 Å². The molecule has 0 saturated heterocycles. The van der Waals surface area contributed by atoms with Crippen LogP contribution in [-0.4, -0.2) is 63.3 Å². The first kappa shape index (κ1) is 30.8. The second-order valence-corrected chi connectivity index (χ2v) is 9.86. The molecular weight excluding hydrogens is 542 g/mol. The average molecular weight is 569 g/mol. The van der Waals surface area contributed by atoms with Crippen LogP contribution in [-0.2, 0) is 23.9 Å². The molecule has 0 bridgehead atoms. The van der Waals surface area contributed by atoms with E-state index in [4.69, 9.17) is 4.74 Å². The van der Waals surface area contributed by atoms with Crippen LogP contribution in [0.5, 0.6) is 5.75 Å². The van der Waals surface area contributed by atoms with Crippen LogP contribution in [0.4, 0.5) is 8.78 Å². The van der Waals surface area contributed by atoms with Gasteiger partial charge in [-0.05, 0) is 36.8 Å². The quantitative estimate of drug-likeness (QED) is 0.349. The molecule has 9 nitrogen and oxygen atoms in total. The molecule has 0 aliphatic heterocycles. The molecule has 0 aliphatic carbocycles. The van der Waals surface area contributed by atoms with Gasteiger partial charge in [0.05, 0.1) is 12.2 Å². The number of esters is 1. The SMILES string of the molecule is CCOC(=O)[C@@H](CSC(=O)[C@@H](CSC(=O)c1cc(-c2ccc(F)cc2F)ccc1O)NC(C)=O)NC(C)=O. The molecule has 3 N–H and O–H groups in total. The highest BCUT2D eigenvalue weighted by molar-refractivity contribution is 8.15. The predicted octanol–water partition coefficient (Wildman–Crippen LogP) is 3.04. The fraction of sp³-hybridized carbons (Fsp3) is 0.320.